The number of benzene rings is 2. The van der Waals surface area contributed by atoms with Gasteiger partial charge in [-0.1, -0.05) is 35.9 Å². The van der Waals surface area contributed by atoms with Crippen molar-refractivity contribution >= 4 is 35.2 Å². The lowest BCUT2D eigenvalue weighted by Gasteiger charge is -2.20. The van der Waals surface area contributed by atoms with Crippen LogP contribution >= 0.6 is 11.6 Å². The highest BCUT2D eigenvalue weighted by atomic mass is 35.5. The molecule has 1 unspecified atom stereocenters. The van der Waals surface area contributed by atoms with Gasteiger partial charge in [0.05, 0.1) is 22.1 Å². The lowest BCUT2D eigenvalue weighted by molar-refractivity contribution is -0.139. The average molecular weight is 608 g/mol. The monoisotopic (exact) mass is 607 g/mol. The number of nitrogens with zero attached hydrogens (tertiary/aromatic N) is 1. The molecule has 2 aromatic rings. The van der Waals surface area contributed by atoms with Crippen LogP contribution in [0.3, 0.4) is 0 Å². The molecule has 0 heterocycles. The fraction of sp³-hybridized carbons (Fsp3) is 0.304. The Labute approximate surface area is 224 Å². The molecule has 220 valence electrons. The molecule has 0 saturated heterocycles. The Morgan fingerprint density at radius 3 is 2.15 bits per heavy atom. The fourth-order valence-corrected chi connectivity index (χ4v) is 3.46. The number of alkyl halides is 9. The molecule has 0 aliphatic carbocycles. The number of hydrogen-bond acceptors (Lipinski definition) is 5. The van der Waals surface area contributed by atoms with E-state index in [2.05, 4.69) is 0 Å². The van der Waals surface area contributed by atoms with Crippen LogP contribution in [0.15, 0.2) is 42.5 Å². The summed E-state index contributed by atoms with van der Waals surface area (Å²) in [4.78, 5) is 24.1. The molecular weight excluding hydrogens is 589 g/mol. The van der Waals surface area contributed by atoms with Crippen molar-refractivity contribution in [1.29, 1.82) is 0 Å². The number of rotatable bonds is 8. The molecule has 0 spiro atoms. The lowest BCUT2D eigenvalue weighted by Crippen LogP contribution is -2.47. The second-order valence-corrected chi connectivity index (χ2v) is 8.62. The molecule has 0 aliphatic heterocycles. The summed E-state index contributed by atoms with van der Waals surface area (Å²) in [6, 6.07) is 2.75. The number of allylic oxidation sites excluding steroid dienone is 1. The standard InChI is InChI=1S/C23H19ClF9N3O4/c1-11(19(37)34-10-21(25,26)27)35-20(38)14-5-2-12(8-16(14)23(31,32)33)3-6-15(22(28,29)30)13-4-7-17(24)18(9-13)36(39)40/h2-9,11,15,39-40H,10H2,1H3,(H,34,37)(H,35,38)/b6-3+/t11-,15?/m1/s1. The van der Waals surface area contributed by atoms with Gasteiger partial charge in [0.15, 0.2) is 0 Å². The Morgan fingerprint density at radius 2 is 1.62 bits per heavy atom. The maximum absolute atomic E-state index is 13.7. The number of carbonyl (C=O) groups excluding carboxylic acids is 2. The summed E-state index contributed by atoms with van der Waals surface area (Å²) in [5.74, 6) is -5.23. The van der Waals surface area contributed by atoms with Gasteiger partial charge in [-0.3, -0.25) is 20.0 Å². The maximum Gasteiger partial charge on any atom is 0.417 e. The first kappa shape index (κ1) is 32.7. The third-order valence-corrected chi connectivity index (χ3v) is 5.50. The predicted molar refractivity (Wildman–Crippen MR) is 123 cm³/mol. The van der Waals surface area contributed by atoms with Gasteiger partial charge in [-0.25, -0.2) is 0 Å². The van der Waals surface area contributed by atoms with Crippen LogP contribution in [0.25, 0.3) is 6.08 Å². The van der Waals surface area contributed by atoms with Crippen LogP contribution in [0.4, 0.5) is 45.2 Å². The minimum absolute atomic E-state index is 0.311. The van der Waals surface area contributed by atoms with Crippen molar-refractivity contribution in [2.75, 3.05) is 11.8 Å². The summed E-state index contributed by atoms with van der Waals surface area (Å²) in [6.07, 6.45) is -13.8. The van der Waals surface area contributed by atoms with Crippen molar-refractivity contribution in [2.45, 2.75) is 37.4 Å². The van der Waals surface area contributed by atoms with Crippen molar-refractivity contribution in [3.8, 4) is 0 Å². The molecular formula is C23H19ClF9N3O4. The Kier molecular flexibility index (Phi) is 10.1. The summed E-state index contributed by atoms with van der Waals surface area (Å²) in [5.41, 5.74) is -4.20. The van der Waals surface area contributed by atoms with E-state index < -0.39 is 82.0 Å². The van der Waals surface area contributed by atoms with E-state index in [4.69, 9.17) is 22.0 Å². The third kappa shape index (κ3) is 9.02. The summed E-state index contributed by atoms with van der Waals surface area (Å²) in [6.45, 7) is -0.810. The van der Waals surface area contributed by atoms with Crippen LogP contribution in [0.5, 0.6) is 0 Å². The van der Waals surface area contributed by atoms with Gasteiger partial charge in [0.25, 0.3) is 5.91 Å². The van der Waals surface area contributed by atoms with Gasteiger partial charge in [-0.15, -0.1) is 5.23 Å². The molecule has 4 N–H and O–H groups in total. The molecule has 0 bridgehead atoms. The van der Waals surface area contributed by atoms with Gasteiger partial charge in [-0.2, -0.15) is 39.5 Å². The SMILES string of the molecule is C[C@@H](NC(=O)c1ccc(/C=C/C(c2ccc(Cl)c(N(O)O)c2)C(F)(F)F)cc1C(F)(F)F)C(=O)NCC(F)(F)F. The van der Waals surface area contributed by atoms with Gasteiger partial charge < -0.3 is 10.6 Å². The van der Waals surface area contributed by atoms with E-state index >= 15 is 0 Å². The molecule has 2 amide bonds. The zero-order chi connectivity index (χ0) is 30.6. The topological polar surface area (TPSA) is 102 Å². The summed E-state index contributed by atoms with van der Waals surface area (Å²) < 4.78 is 119. The highest BCUT2D eigenvalue weighted by Crippen LogP contribution is 2.39. The zero-order valence-electron chi connectivity index (χ0n) is 19.9. The minimum atomic E-state index is -5.20. The number of hydrogen-bond donors (Lipinski definition) is 4. The molecule has 40 heavy (non-hydrogen) atoms. The largest absolute Gasteiger partial charge is 0.417 e. The molecule has 7 nitrogen and oxygen atoms in total. The first-order chi connectivity index (χ1) is 18.2. The van der Waals surface area contributed by atoms with E-state index in [0.717, 1.165) is 25.1 Å². The second kappa shape index (κ2) is 12.3. The Morgan fingerprint density at radius 1 is 1.00 bits per heavy atom. The van der Waals surface area contributed by atoms with Crippen molar-refractivity contribution in [3.63, 3.8) is 0 Å². The normalized spacial score (nSPS) is 14.1. The zero-order valence-corrected chi connectivity index (χ0v) is 20.7. The molecule has 0 saturated carbocycles. The second-order valence-electron chi connectivity index (χ2n) is 8.21. The third-order valence-electron chi connectivity index (χ3n) is 5.18. The Balaban J connectivity index is 2.38. The van der Waals surface area contributed by atoms with Crippen LogP contribution in [0.2, 0.25) is 5.02 Å². The first-order valence-electron chi connectivity index (χ1n) is 10.8. The molecule has 0 aliphatic rings. The van der Waals surface area contributed by atoms with Gasteiger partial charge in [0.2, 0.25) is 5.91 Å². The number of carbonyl (C=O) groups is 2. The van der Waals surface area contributed by atoms with Crippen molar-refractivity contribution in [3.05, 3.63) is 69.8 Å². The Bertz CT molecular complexity index is 1260. The van der Waals surface area contributed by atoms with Crippen LogP contribution in [-0.2, 0) is 11.0 Å². The van der Waals surface area contributed by atoms with Gasteiger partial charge in [0, 0.05) is 0 Å². The molecule has 2 aromatic carbocycles. The molecule has 0 radical (unpaired) electrons. The van der Waals surface area contributed by atoms with E-state index in [9.17, 15) is 49.1 Å². The smallest absolute Gasteiger partial charge is 0.345 e. The molecule has 0 fully saturated rings. The van der Waals surface area contributed by atoms with Crippen molar-refractivity contribution in [2.24, 2.45) is 0 Å². The van der Waals surface area contributed by atoms with Gasteiger partial charge in [-0.05, 0) is 42.3 Å². The number of anilines is 1. The molecule has 2 rings (SSSR count). The van der Waals surface area contributed by atoms with Crippen LogP contribution in [-0.4, -0.2) is 47.2 Å². The fourth-order valence-electron chi connectivity index (χ4n) is 3.27. The van der Waals surface area contributed by atoms with Gasteiger partial charge in [0.1, 0.15) is 18.3 Å². The van der Waals surface area contributed by atoms with E-state index in [1.54, 1.807) is 0 Å². The number of nitrogens with one attached hydrogen (secondary N) is 2. The summed E-state index contributed by atoms with van der Waals surface area (Å²) >= 11 is 5.70. The average Bonchev–Trinajstić information content (AvgIpc) is 2.81. The van der Waals surface area contributed by atoms with Crippen LogP contribution in [0, 0.1) is 0 Å². The van der Waals surface area contributed by atoms with E-state index in [1.807, 2.05) is 5.32 Å². The quantitative estimate of drug-likeness (QED) is 0.215. The Hall–Kier alpha value is -3.50. The van der Waals surface area contributed by atoms with Crippen molar-refractivity contribution < 1.29 is 59.5 Å². The number of amides is 2. The van der Waals surface area contributed by atoms with Crippen molar-refractivity contribution in [1.82, 2.24) is 10.6 Å². The highest BCUT2D eigenvalue weighted by molar-refractivity contribution is 6.33. The predicted octanol–water partition coefficient (Wildman–Crippen LogP) is 6.10. The van der Waals surface area contributed by atoms with Crippen LogP contribution in [0.1, 0.15) is 39.9 Å². The lowest BCUT2D eigenvalue weighted by atomic mass is 9.95. The summed E-state index contributed by atoms with van der Waals surface area (Å²) in [5, 5.41) is 20.8. The highest BCUT2D eigenvalue weighted by Gasteiger charge is 2.40. The van der Waals surface area contributed by atoms with Gasteiger partial charge >= 0.3 is 18.5 Å². The maximum atomic E-state index is 13.7. The van der Waals surface area contributed by atoms with E-state index in [0.29, 0.717) is 30.4 Å². The van der Waals surface area contributed by atoms with E-state index in [-0.39, 0.29) is 5.02 Å². The first-order valence-corrected chi connectivity index (χ1v) is 11.2. The molecule has 2 atom stereocenters. The number of halogens is 10. The molecule has 17 heteroatoms. The van der Waals surface area contributed by atoms with Crippen LogP contribution < -0.4 is 15.9 Å². The van der Waals surface area contributed by atoms with E-state index in [1.165, 1.54) is 5.32 Å². The minimum Gasteiger partial charge on any atom is -0.345 e. The summed E-state index contributed by atoms with van der Waals surface area (Å²) in [7, 11) is 0. The molecule has 0 aromatic heterocycles.